The summed E-state index contributed by atoms with van der Waals surface area (Å²) < 4.78 is 23.5. The maximum absolute atomic E-state index is 11.1. The van der Waals surface area contributed by atoms with Crippen LogP contribution in [-0.4, -0.2) is 37.9 Å². The van der Waals surface area contributed by atoms with Gasteiger partial charge in [0.05, 0.1) is 6.26 Å². The third-order valence-electron chi connectivity index (χ3n) is 1.47. The van der Waals surface area contributed by atoms with Crippen LogP contribution in [0.2, 0.25) is 0 Å². The van der Waals surface area contributed by atoms with Crippen LogP contribution in [0.25, 0.3) is 0 Å². The van der Waals surface area contributed by atoms with E-state index in [1.54, 1.807) is 13.8 Å². The first kappa shape index (κ1) is 11.6. The molecule has 12 heavy (non-hydrogen) atoms. The van der Waals surface area contributed by atoms with E-state index in [2.05, 4.69) is 0 Å². The smallest absolute Gasteiger partial charge is 0.211 e. The first-order valence-electron chi connectivity index (χ1n) is 3.80. The standard InChI is InChI=1S/C7H15NO3S/c1-7(2)8(5-4-6-9)12(3,10)11/h6-7H,4-5H2,1-3H3. The van der Waals surface area contributed by atoms with Crippen molar-refractivity contribution in [1.29, 1.82) is 0 Å². The van der Waals surface area contributed by atoms with Crippen LogP contribution in [-0.2, 0) is 14.8 Å². The molecule has 0 N–H and O–H groups in total. The zero-order chi connectivity index (χ0) is 9.78. The molecule has 0 atom stereocenters. The largest absolute Gasteiger partial charge is 0.303 e. The lowest BCUT2D eigenvalue weighted by atomic mass is 10.3. The van der Waals surface area contributed by atoms with Gasteiger partial charge in [-0.05, 0) is 13.8 Å². The molecular weight excluding hydrogens is 178 g/mol. The summed E-state index contributed by atoms with van der Waals surface area (Å²) in [6, 6.07) is -0.0834. The van der Waals surface area contributed by atoms with E-state index >= 15 is 0 Å². The molecule has 72 valence electrons. The summed E-state index contributed by atoms with van der Waals surface area (Å²) in [6.07, 6.45) is 2.13. The molecule has 0 aliphatic carbocycles. The van der Waals surface area contributed by atoms with E-state index in [0.717, 1.165) is 12.5 Å². The molecule has 0 rings (SSSR count). The maximum Gasteiger partial charge on any atom is 0.211 e. The highest BCUT2D eigenvalue weighted by atomic mass is 32.2. The highest BCUT2D eigenvalue weighted by Crippen LogP contribution is 2.04. The Labute approximate surface area is 73.6 Å². The van der Waals surface area contributed by atoms with Gasteiger partial charge in [0.1, 0.15) is 6.29 Å². The van der Waals surface area contributed by atoms with Crippen LogP contribution in [0.3, 0.4) is 0 Å². The number of aldehydes is 1. The number of hydrogen-bond acceptors (Lipinski definition) is 3. The fraction of sp³-hybridized carbons (Fsp3) is 0.857. The number of hydrogen-bond donors (Lipinski definition) is 0. The molecule has 0 heterocycles. The van der Waals surface area contributed by atoms with Gasteiger partial charge in [0.2, 0.25) is 10.0 Å². The molecule has 0 amide bonds. The predicted octanol–water partition coefficient (Wildman–Crippen LogP) is 0.245. The van der Waals surface area contributed by atoms with Crippen molar-refractivity contribution in [3.63, 3.8) is 0 Å². The van der Waals surface area contributed by atoms with Gasteiger partial charge < -0.3 is 4.79 Å². The number of sulfonamides is 1. The van der Waals surface area contributed by atoms with Crippen molar-refractivity contribution in [2.75, 3.05) is 12.8 Å². The van der Waals surface area contributed by atoms with Gasteiger partial charge in [-0.25, -0.2) is 8.42 Å². The molecule has 0 radical (unpaired) electrons. The topological polar surface area (TPSA) is 54.5 Å². The van der Waals surface area contributed by atoms with E-state index in [1.807, 2.05) is 0 Å². The zero-order valence-corrected chi connectivity index (χ0v) is 8.47. The summed E-state index contributed by atoms with van der Waals surface area (Å²) in [5.74, 6) is 0. The van der Waals surface area contributed by atoms with Crippen molar-refractivity contribution in [2.45, 2.75) is 26.3 Å². The van der Waals surface area contributed by atoms with Gasteiger partial charge in [-0.1, -0.05) is 0 Å². The van der Waals surface area contributed by atoms with Crippen molar-refractivity contribution in [3.05, 3.63) is 0 Å². The van der Waals surface area contributed by atoms with Crippen LogP contribution in [0.1, 0.15) is 20.3 Å². The average Bonchev–Trinajstić information content (AvgIpc) is 1.84. The van der Waals surface area contributed by atoms with Crippen molar-refractivity contribution in [1.82, 2.24) is 4.31 Å². The van der Waals surface area contributed by atoms with Gasteiger partial charge in [0.25, 0.3) is 0 Å². The van der Waals surface area contributed by atoms with Gasteiger partial charge in [0, 0.05) is 19.0 Å². The van der Waals surface area contributed by atoms with Crippen molar-refractivity contribution in [3.8, 4) is 0 Å². The second kappa shape index (κ2) is 4.57. The van der Waals surface area contributed by atoms with Crippen LogP contribution >= 0.6 is 0 Å². The predicted molar refractivity (Wildman–Crippen MR) is 47.4 cm³/mol. The molecule has 0 aromatic carbocycles. The number of nitrogens with zero attached hydrogens (tertiary/aromatic N) is 1. The Kier molecular flexibility index (Phi) is 4.41. The number of carbonyl (C=O) groups is 1. The van der Waals surface area contributed by atoms with Crippen LogP contribution in [0.4, 0.5) is 0 Å². The number of rotatable bonds is 5. The van der Waals surface area contributed by atoms with E-state index in [4.69, 9.17) is 0 Å². The second-order valence-electron chi connectivity index (χ2n) is 2.92. The fourth-order valence-electron chi connectivity index (χ4n) is 0.987. The molecule has 0 unspecified atom stereocenters. The first-order chi connectivity index (χ1) is 5.39. The molecule has 0 saturated heterocycles. The van der Waals surface area contributed by atoms with Gasteiger partial charge >= 0.3 is 0 Å². The molecule has 0 aliphatic rings. The molecule has 0 bridgehead atoms. The highest BCUT2D eigenvalue weighted by molar-refractivity contribution is 7.88. The minimum Gasteiger partial charge on any atom is -0.303 e. The minimum atomic E-state index is -3.16. The molecule has 0 fully saturated rings. The quantitative estimate of drug-likeness (QED) is 0.588. The van der Waals surface area contributed by atoms with E-state index in [9.17, 15) is 13.2 Å². The van der Waals surface area contributed by atoms with Gasteiger partial charge in [-0.3, -0.25) is 0 Å². The lowest BCUT2D eigenvalue weighted by molar-refractivity contribution is -0.108. The first-order valence-corrected chi connectivity index (χ1v) is 5.65. The van der Waals surface area contributed by atoms with E-state index in [-0.39, 0.29) is 19.0 Å². The van der Waals surface area contributed by atoms with Crippen LogP contribution in [0, 0.1) is 0 Å². The Hall–Kier alpha value is -0.420. The molecule has 4 nitrogen and oxygen atoms in total. The molecule has 0 spiro atoms. The lowest BCUT2D eigenvalue weighted by Gasteiger charge is -2.22. The van der Waals surface area contributed by atoms with Crippen LogP contribution < -0.4 is 0 Å². The Morgan fingerprint density at radius 1 is 1.42 bits per heavy atom. The third kappa shape index (κ3) is 3.82. The molecular formula is C7H15NO3S. The summed E-state index contributed by atoms with van der Waals surface area (Å²) >= 11 is 0. The third-order valence-corrected chi connectivity index (χ3v) is 2.93. The Bertz CT molecular complexity index is 233. The molecule has 0 saturated carbocycles. The average molecular weight is 193 g/mol. The Morgan fingerprint density at radius 2 is 1.92 bits per heavy atom. The summed E-state index contributed by atoms with van der Waals surface area (Å²) in [6.45, 7) is 3.84. The normalized spacial score (nSPS) is 12.4. The monoisotopic (exact) mass is 193 g/mol. The highest BCUT2D eigenvalue weighted by Gasteiger charge is 2.18. The van der Waals surface area contributed by atoms with E-state index < -0.39 is 10.0 Å². The Morgan fingerprint density at radius 3 is 2.17 bits per heavy atom. The van der Waals surface area contributed by atoms with Crippen LogP contribution in [0.15, 0.2) is 0 Å². The van der Waals surface area contributed by atoms with Gasteiger partial charge in [-0.2, -0.15) is 4.31 Å². The Balaban J connectivity index is 4.35. The van der Waals surface area contributed by atoms with Gasteiger partial charge in [-0.15, -0.1) is 0 Å². The van der Waals surface area contributed by atoms with Crippen LogP contribution in [0.5, 0.6) is 0 Å². The summed E-state index contributed by atoms with van der Waals surface area (Å²) in [5.41, 5.74) is 0. The summed E-state index contributed by atoms with van der Waals surface area (Å²) in [5, 5.41) is 0. The minimum absolute atomic E-state index is 0.0834. The fourth-order valence-corrected chi connectivity index (χ4v) is 2.19. The van der Waals surface area contributed by atoms with Gasteiger partial charge in [0.15, 0.2) is 0 Å². The number of carbonyl (C=O) groups excluding carboxylic acids is 1. The lowest BCUT2D eigenvalue weighted by Crippen LogP contribution is -2.36. The maximum atomic E-state index is 11.1. The zero-order valence-electron chi connectivity index (χ0n) is 7.65. The van der Waals surface area contributed by atoms with E-state index in [0.29, 0.717) is 0 Å². The van der Waals surface area contributed by atoms with E-state index in [1.165, 1.54) is 4.31 Å². The second-order valence-corrected chi connectivity index (χ2v) is 4.86. The molecule has 5 heteroatoms. The molecule has 0 aromatic heterocycles. The summed E-state index contributed by atoms with van der Waals surface area (Å²) in [7, 11) is -3.16. The molecule has 0 aliphatic heterocycles. The van der Waals surface area contributed by atoms with Crippen molar-refractivity contribution >= 4 is 16.3 Å². The van der Waals surface area contributed by atoms with Crippen molar-refractivity contribution < 1.29 is 13.2 Å². The summed E-state index contributed by atoms with van der Waals surface area (Å²) in [4.78, 5) is 10.0. The SMILES string of the molecule is CC(C)N(CCC=O)S(C)(=O)=O. The molecule has 0 aromatic rings. The van der Waals surface area contributed by atoms with Crippen molar-refractivity contribution in [2.24, 2.45) is 0 Å².